The molecule has 1 amide bonds. The van der Waals surface area contributed by atoms with Crippen molar-refractivity contribution in [1.29, 1.82) is 0 Å². The molecular formula is C21H24N2O3. The molecule has 3 rings (SSSR count). The van der Waals surface area contributed by atoms with E-state index in [4.69, 9.17) is 0 Å². The Balaban J connectivity index is 1.98. The maximum absolute atomic E-state index is 12.7. The highest BCUT2D eigenvalue weighted by atomic mass is 16.2. The summed E-state index contributed by atoms with van der Waals surface area (Å²) in [5, 5.41) is 2.83. The van der Waals surface area contributed by atoms with E-state index in [1.165, 1.54) is 6.07 Å². The van der Waals surface area contributed by atoms with Gasteiger partial charge >= 0.3 is 0 Å². The Labute approximate surface area is 152 Å². The number of rotatable bonds is 2. The molecule has 0 aliphatic heterocycles. The highest BCUT2D eigenvalue weighted by Crippen LogP contribution is 2.33. The molecule has 0 unspecified atom stereocenters. The number of aromatic nitrogens is 1. The number of aryl methyl sites for hydroxylation is 3. The molecular weight excluding hydrogens is 328 g/mol. The van der Waals surface area contributed by atoms with Gasteiger partial charge in [0.2, 0.25) is 0 Å². The standard InChI is InChI=1S/C21H24N2O3/c1-11-6-12(2)18(13(3)7-11)23-20(26)15-8-14-16(22-19(15)25)9-21(4,5)10-17(14)24/h6-8H,9-10H2,1-5H3,(H,22,25)(H,23,26). The van der Waals surface area contributed by atoms with Crippen LogP contribution in [0.1, 0.15) is 63.4 Å². The Morgan fingerprint density at radius 3 is 2.27 bits per heavy atom. The van der Waals surface area contributed by atoms with E-state index >= 15 is 0 Å². The van der Waals surface area contributed by atoms with Crippen LogP contribution in [0.2, 0.25) is 0 Å². The molecule has 0 radical (unpaired) electrons. The second-order valence-electron chi connectivity index (χ2n) is 8.07. The lowest BCUT2D eigenvalue weighted by Crippen LogP contribution is -2.33. The molecule has 2 aromatic rings. The molecule has 0 spiro atoms. The lowest BCUT2D eigenvalue weighted by atomic mass is 9.75. The van der Waals surface area contributed by atoms with E-state index < -0.39 is 11.5 Å². The maximum Gasteiger partial charge on any atom is 0.261 e. The first-order valence-corrected chi connectivity index (χ1v) is 8.76. The van der Waals surface area contributed by atoms with Gasteiger partial charge in [-0.05, 0) is 49.8 Å². The number of anilines is 1. The van der Waals surface area contributed by atoms with Gasteiger partial charge in [-0.15, -0.1) is 0 Å². The number of pyridine rings is 1. The van der Waals surface area contributed by atoms with Crippen LogP contribution >= 0.6 is 0 Å². The quantitative estimate of drug-likeness (QED) is 0.865. The van der Waals surface area contributed by atoms with E-state index in [-0.39, 0.29) is 16.8 Å². The average molecular weight is 352 g/mol. The number of hydrogen-bond donors (Lipinski definition) is 2. The van der Waals surface area contributed by atoms with Crippen LogP contribution in [0.3, 0.4) is 0 Å². The van der Waals surface area contributed by atoms with Crippen molar-refractivity contribution in [2.45, 2.75) is 47.5 Å². The van der Waals surface area contributed by atoms with E-state index in [1.54, 1.807) is 0 Å². The fourth-order valence-electron chi connectivity index (χ4n) is 3.75. The number of hydrogen-bond acceptors (Lipinski definition) is 3. The molecule has 26 heavy (non-hydrogen) atoms. The van der Waals surface area contributed by atoms with Crippen LogP contribution in [-0.2, 0) is 6.42 Å². The third kappa shape index (κ3) is 3.34. The number of benzene rings is 1. The van der Waals surface area contributed by atoms with E-state index in [2.05, 4.69) is 10.3 Å². The fourth-order valence-corrected chi connectivity index (χ4v) is 3.75. The van der Waals surface area contributed by atoms with E-state index in [0.29, 0.717) is 29.8 Å². The van der Waals surface area contributed by atoms with Gasteiger partial charge in [0.25, 0.3) is 11.5 Å². The summed E-state index contributed by atoms with van der Waals surface area (Å²) in [5.41, 5.74) is 4.06. The van der Waals surface area contributed by atoms with Gasteiger partial charge in [-0.2, -0.15) is 0 Å². The lowest BCUT2D eigenvalue weighted by molar-refractivity contribution is 0.0910. The summed E-state index contributed by atoms with van der Waals surface area (Å²) in [6.07, 6.45) is 1.02. The molecule has 0 atom stereocenters. The maximum atomic E-state index is 12.7. The number of carbonyl (C=O) groups is 2. The Morgan fingerprint density at radius 1 is 1.04 bits per heavy atom. The first-order valence-electron chi connectivity index (χ1n) is 8.76. The van der Waals surface area contributed by atoms with Crippen LogP contribution in [0.25, 0.3) is 0 Å². The van der Waals surface area contributed by atoms with Gasteiger partial charge in [0, 0.05) is 23.4 Å². The van der Waals surface area contributed by atoms with E-state index in [0.717, 1.165) is 16.7 Å². The van der Waals surface area contributed by atoms with Gasteiger partial charge < -0.3 is 10.3 Å². The number of amides is 1. The van der Waals surface area contributed by atoms with Gasteiger partial charge in [0.1, 0.15) is 5.56 Å². The second-order valence-corrected chi connectivity index (χ2v) is 8.07. The Bertz CT molecular complexity index is 960. The summed E-state index contributed by atoms with van der Waals surface area (Å²) in [6, 6.07) is 5.40. The predicted molar refractivity (Wildman–Crippen MR) is 102 cm³/mol. The normalized spacial score (nSPS) is 15.5. The monoisotopic (exact) mass is 352 g/mol. The smallest absolute Gasteiger partial charge is 0.261 e. The van der Waals surface area contributed by atoms with Crippen molar-refractivity contribution in [2.75, 3.05) is 5.32 Å². The highest BCUT2D eigenvalue weighted by Gasteiger charge is 2.32. The Morgan fingerprint density at radius 2 is 1.65 bits per heavy atom. The molecule has 1 aliphatic carbocycles. The molecule has 1 aliphatic rings. The number of ketones is 1. The summed E-state index contributed by atoms with van der Waals surface area (Å²) in [5.74, 6) is -0.536. The number of carbonyl (C=O) groups excluding carboxylic acids is 2. The second kappa shape index (κ2) is 6.24. The van der Waals surface area contributed by atoms with Crippen LogP contribution in [0.5, 0.6) is 0 Å². The van der Waals surface area contributed by atoms with Crippen LogP contribution in [0.4, 0.5) is 5.69 Å². The first-order chi connectivity index (χ1) is 12.1. The molecule has 0 bridgehead atoms. The minimum Gasteiger partial charge on any atom is -0.325 e. The molecule has 5 heteroatoms. The molecule has 1 heterocycles. The van der Waals surface area contributed by atoms with Crippen LogP contribution in [0.15, 0.2) is 23.0 Å². The van der Waals surface area contributed by atoms with Crippen molar-refractivity contribution in [2.24, 2.45) is 5.41 Å². The lowest BCUT2D eigenvalue weighted by Gasteiger charge is -2.29. The number of aromatic amines is 1. The Hall–Kier alpha value is -2.69. The van der Waals surface area contributed by atoms with Crippen molar-refractivity contribution >= 4 is 17.4 Å². The minimum atomic E-state index is -0.498. The third-order valence-corrected chi connectivity index (χ3v) is 4.88. The summed E-state index contributed by atoms with van der Waals surface area (Å²) in [7, 11) is 0. The molecule has 0 saturated heterocycles. The Kier molecular flexibility index (Phi) is 4.34. The number of H-pyrrole nitrogens is 1. The molecule has 1 aromatic carbocycles. The summed E-state index contributed by atoms with van der Waals surface area (Å²) < 4.78 is 0. The van der Waals surface area contributed by atoms with Gasteiger partial charge in [0.05, 0.1) is 0 Å². The fraction of sp³-hybridized carbons (Fsp3) is 0.381. The highest BCUT2D eigenvalue weighted by molar-refractivity contribution is 6.07. The molecule has 1 aromatic heterocycles. The van der Waals surface area contributed by atoms with Crippen molar-refractivity contribution in [3.8, 4) is 0 Å². The van der Waals surface area contributed by atoms with Crippen molar-refractivity contribution in [3.63, 3.8) is 0 Å². The zero-order valence-electron chi connectivity index (χ0n) is 15.9. The van der Waals surface area contributed by atoms with Crippen molar-refractivity contribution in [3.05, 3.63) is 62.1 Å². The summed E-state index contributed by atoms with van der Waals surface area (Å²) in [4.78, 5) is 40.3. The summed E-state index contributed by atoms with van der Waals surface area (Å²) >= 11 is 0. The largest absolute Gasteiger partial charge is 0.325 e. The number of nitrogens with one attached hydrogen (secondary N) is 2. The SMILES string of the molecule is Cc1cc(C)c(NC(=O)c2cc3c([nH]c2=O)CC(C)(C)CC3=O)c(C)c1. The topological polar surface area (TPSA) is 79.0 Å². The average Bonchev–Trinajstić information content (AvgIpc) is 2.48. The third-order valence-electron chi connectivity index (χ3n) is 4.88. The summed E-state index contributed by atoms with van der Waals surface area (Å²) in [6.45, 7) is 9.81. The molecule has 136 valence electrons. The van der Waals surface area contributed by atoms with Crippen molar-refractivity contribution < 1.29 is 9.59 Å². The minimum absolute atomic E-state index is 0.0313. The predicted octanol–water partition coefficient (Wildman–Crippen LogP) is 3.71. The van der Waals surface area contributed by atoms with Crippen LogP contribution in [-0.4, -0.2) is 16.7 Å². The van der Waals surface area contributed by atoms with Crippen molar-refractivity contribution in [1.82, 2.24) is 4.98 Å². The number of fused-ring (bicyclic) bond motifs is 1. The van der Waals surface area contributed by atoms with Crippen LogP contribution in [0, 0.1) is 26.2 Å². The van der Waals surface area contributed by atoms with Gasteiger partial charge in [-0.25, -0.2) is 0 Å². The van der Waals surface area contributed by atoms with E-state index in [9.17, 15) is 14.4 Å². The first kappa shape index (κ1) is 18.1. The number of Topliss-reactive ketones (excluding diaryl/α,β-unsaturated/α-hetero) is 1. The molecule has 5 nitrogen and oxygen atoms in total. The van der Waals surface area contributed by atoms with Gasteiger partial charge in [-0.1, -0.05) is 31.5 Å². The van der Waals surface area contributed by atoms with Gasteiger partial charge in [-0.3, -0.25) is 14.4 Å². The van der Waals surface area contributed by atoms with Gasteiger partial charge in [0.15, 0.2) is 5.78 Å². The zero-order valence-corrected chi connectivity index (χ0v) is 15.9. The van der Waals surface area contributed by atoms with E-state index in [1.807, 2.05) is 46.8 Å². The molecule has 0 fully saturated rings. The molecule has 2 N–H and O–H groups in total. The molecule has 0 saturated carbocycles. The van der Waals surface area contributed by atoms with Crippen LogP contribution < -0.4 is 10.9 Å². The zero-order chi connectivity index (χ0) is 19.2.